The molecule has 7 heteroatoms. The molecule has 0 atom stereocenters. The van der Waals surface area contributed by atoms with Crippen LogP contribution in [0.3, 0.4) is 0 Å². The largest absolute Gasteiger partial charge is 0.496 e. The number of aromatic nitrogens is 2. The van der Waals surface area contributed by atoms with Crippen molar-refractivity contribution in [3.8, 4) is 5.75 Å². The molecule has 22 heavy (non-hydrogen) atoms. The van der Waals surface area contributed by atoms with E-state index < -0.39 is 0 Å². The van der Waals surface area contributed by atoms with Crippen LogP contribution in [0, 0.1) is 0 Å². The second-order valence-corrected chi connectivity index (χ2v) is 4.30. The quantitative estimate of drug-likeness (QED) is 0.764. The highest BCUT2D eigenvalue weighted by molar-refractivity contribution is 5.97. The first-order valence-corrected chi connectivity index (χ1v) is 6.68. The zero-order valence-electron chi connectivity index (χ0n) is 12.1. The van der Waals surface area contributed by atoms with Crippen molar-refractivity contribution >= 4 is 11.8 Å². The van der Waals surface area contributed by atoms with Crippen molar-refractivity contribution in [2.45, 2.75) is 0 Å². The summed E-state index contributed by atoms with van der Waals surface area (Å²) in [4.78, 5) is 31.4. The smallest absolute Gasteiger partial charge is 0.271 e. The van der Waals surface area contributed by atoms with Gasteiger partial charge in [0.05, 0.1) is 18.9 Å². The molecular weight excluding hydrogens is 284 g/mol. The van der Waals surface area contributed by atoms with Crippen LogP contribution in [0.5, 0.6) is 5.75 Å². The molecule has 0 fully saturated rings. The van der Waals surface area contributed by atoms with Crippen LogP contribution in [-0.4, -0.2) is 42.0 Å². The molecule has 0 unspecified atom stereocenters. The van der Waals surface area contributed by atoms with Gasteiger partial charge in [-0.15, -0.1) is 0 Å². The fourth-order valence-electron chi connectivity index (χ4n) is 1.79. The molecule has 0 aliphatic heterocycles. The molecule has 1 aromatic carbocycles. The van der Waals surface area contributed by atoms with Crippen LogP contribution in [-0.2, 0) is 0 Å². The Balaban J connectivity index is 1.79. The van der Waals surface area contributed by atoms with Gasteiger partial charge < -0.3 is 15.4 Å². The lowest BCUT2D eigenvalue weighted by atomic mass is 10.2. The SMILES string of the molecule is COc1ccccc1C(=O)NCCNC(=O)c1cnccn1. The Labute approximate surface area is 127 Å². The molecule has 1 heterocycles. The Morgan fingerprint density at radius 1 is 1.09 bits per heavy atom. The van der Waals surface area contributed by atoms with E-state index in [0.717, 1.165) is 0 Å². The topological polar surface area (TPSA) is 93.2 Å². The fourth-order valence-corrected chi connectivity index (χ4v) is 1.79. The lowest BCUT2D eigenvalue weighted by Gasteiger charge is -2.09. The van der Waals surface area contributed by atoms with Gasteiger partial charge in [0.1, 0.15) is 11.4 Å². The summed E-state index contributed by atoms with van der Waals surface area (Å²) in [7, 11) is 1.51. The maximum absolute atomic E-state index is 12.0. The fraction of sp³-hybridized carbons (Fsp3) is 0.200. The summed E-state index contributed by atoms with van der Waals surface area (Å²) in [6.07, 6.45) is 4.31. The summed E-state index contributed by atoms with van der Waals surface area (Å²) >= 11 is 0. The van der Waals surface area contributed by atoms with E-state index in [1.54, 1.807) is 24.3 Å². The molecule has 1 aromatic heterocycles. The summed E-state index contributed by atoms with van der Waals surface area (Å²) < 4.78 is 5.12. The summed E-state index contributed by atoms with van der Waals surface area (Å²) in [5, 5.41) is 5.36. The molecule has 2 amide bonds. The van der Waals surface area contributed by atoms with Crippen LogP contribution in [0.15, 0.2) is 42.9 Å². The standard InChI is InChI=1S/C15H16N4O3/c1-22-13-5-3-2-4-11(13)14(20)18-8-9-19-15(21)12-10-16-6-7-17-12/h2-7,10H,8-9H2,1H3,(H,18,20)(H,19,21). The molecule has 0 spiro atoms. The van der Waals surface area contributed by atoms with E-state index in [2.05, 4.69) is 20.6 Å². The lowest BCUT2D eigenvalue weighted by molar-refractivity contribution is 0.0923. The Bertz CT molecular complexity index is 646. The highest BCUT2D eigenvalue weighted by atomic mass is 16.5. The Morgan fingerprint density at radius 2 is 1.82 bits per heavy atom. The first-order valence-electron chi connectivity index (χ1n) is 6.68. The summed E-state index contributed by atoms with van der Waals surface area (Å²) in [5.41, 5.74) is 0.684. The molecular formula is C15H16N4O3. The Kier molecular flexibility index (Phi) is 5.42. The molecule has 0 bridgehead atoms. The van der Waals surface area contributed by atoms with Crippen molar-refractivity contribution in [2.75, 3.05) is 20.2 Å². The van der Waals surface area contributed by atoms with Crippen molar-refractivity contribution in [1.29, 1.82) is 0 Å². The number of hydrogen-bond donors (Lipinski definition) is 2. The minimum Gasteiger partial charge on any atom is -0.496 e. The average molecular weight is 300 g/mol. The van der Waals surface area contributed by atoms with Gasteiger partial charge in [-0.1, -0.05) is 12.1 Å². The van der Waals surface area contributed by atoms with Crippen LogP contribution in [0.1, 0.15) is 20.8 Å². The number of rotatable bonds is 6. The highest BCUT2D eigenvalue weighted by Gasteiger charge is 2.11. The maximum Gasteiger partial charge on any atom is 0.271 e. The van der Waals surface area contributed by atoms with Crippen molar-refractivity contribution in [1.82, 2.24) is 20.6 Å². The van der Waals surface area contributed by atoms with E-state index in [0.29, 0.717) is 17.9 Å². The van der Waals surface area contributed by atoms with E-state index in [1.165, 1.54) is 25.7 Å². The van der Waals surface area contributed by atoms with Crippen molar-refractivity contribution in [3.63, 3.8) is 0 Å². The van der Waals surface area contributed by atoms with Crippen LogP contribution in [0.25, 0.3) is 0 Å². The van der Waals surface area contributed by atoms with E-state index in [1.807, 2.05) is 0 Å². The normalized spacial score (nSPS) is 9.86. The van der Waals surface area contributed by atoms with Gasteiger partial charge in [-0.25, -0.2) is 4.98 Å². The minimum atomic E-state index is -0.334. The Hall–Kier alpha value is -2.96. The summed E-state index contributed by atoms with van der Waals surface area (Å²) in [5.74, 6) is -0.0885. The molecule has 2 aromatic rings. The second kappa shape index (κ2) is 7.72. The van der Waals surface area contributed by atoms with E-state index in [-0.39, 0.29) is 24.1 Å². The van der Waals surface area contributed by atoms with Gasteiger partial charge in [-0.05, 0) is 12.1 Å². The maximum atomic E-state index is 12.0. The number of carbonyl (C=O) groups excluding carboxylic acids is 2. The van der Waals surface area contributed by atoms with Crippen LogP contribution in [0.2, 0.25) is 0 Å². The molecule has 7 nitrogen and oxygen atoms in total. The predicted molar refractivity (Wildman–Crippen MR) is 79.7 cm³/mol. The molecule has 0 saturated carbocycles. The van der Waals surface area contributed by atoms with Gasteiger partial charge in [0.2, 0.25) is 0 Å². The van der Waals surface area contributed by atoms with E-state index in [4.69, 9.17) is 4.74 Å². The van der Waals surface area contributed by atoms with Gasteiger partial charge in [0, 0.05) is 25.5 Å². The molecule has 2 rings (SSSR count). The molecule has 2 N–H and O–H groups in total. The highest BCUT2D eigenvalue weighted by Crippen LogP contribution is 2.16. The number of carbonyl (C=O) groups is 2. The first kappa shape index (κ1) is 15.4. The average Bonchev–Trinajstić information content (AvgIpc) is 2.59. The molecule has 0 aliphatic rings. The van der Waals surface area contributed by atoms with Gasteiger partial charge >= 0.3 is 0 Å². The number of methoxy groups -OCH3 is 1. The second-order valence-electron chi connectivity index (χ2n) is 4.30. The predicted octanol–water partition coefficient (Wildman–Crippen LogP) is 0.645. The van der Waals surface area contributed by atoms with Gasteiger partial charge in [0.25, 0.3) is 11.8 Å². The molecule has 0 saturated heterocycles. The monoisotopic (exact) mass is 300 g/mol. The number of para-hydroxylation sites is 1. The molecule has 0 radical (unpaired) electrons. The number of ether oxygens (including phenoxy) is 1. The Morgan fingerprint density at radius 3 is 2.50 bits per heavy atom. The number of nitrogens with one attached hydrogen (secondary N) is 2. The van der Waals surface area contributed by atoms with Crippen molar-refractivity contribution < 1.29 is 14.3 Å². The number of benzene rings is 1. The van der Waals surface area contributed by atoms with Crippen molar-refractivity contribution in [2.24, 2.45) is 0 Å². The number of nitrogens with zero attached hydrogens (tertiary/aromatic N) is 2. The summed E-state index contributed by atoms with van der Waals surface area (Å²) in [6.45, 7) is 0.583. The van der Waals surface area contributed by atoms with Crippen LogP contribution < -0.4 is 15.4 Å². The van der Waals surface area contributed by atoms with E-state index in [9.17, 15) is 9.59 Å². The molecule has 0 aliphatic carbocycles. The molecule has 114 valence electrons. The third kappa shape index (κ3) is 4.02. The number of hydrogen-bond acceptors (Lipinski definition) is 5. The third-order valence-corrected chi connectivity index (χ3v) is 2.84. The summed E-state index contributed by atoms with van der Waals surface area (Å²) in [6, 6.07) is 6.93. The van der Waals surface area contributed by atoms with E-state index >= 15 is 0 Å². The van der Waals surface area contributed by atoms with Crippen LogP contribution in [0.4, 0.5) is 0 Å². The zero-order chi connectivity index (χ0) is 15.8. The third-order valence-electron chi connectivity index (χ3n) is 2.84. The van der Waals surface area contributed by atoms with Crippen LogP contribution >= 0.6 is 0 Å². The minimum absolute atomic E-state index is 0.235. The van der Waals surface area contributed by atoms with Gasteiger partial charge in [-0.3, -0.25) is 14.6 Å². The van der Waals surface area contributed by atoms with Crippen molar-refractivity contribution in [3.05, 3.63) is 54.1 Å². The first-order chi connectivity index (χ1) is 10.7. The number of amides is 2. The lowest BCUT2D eigenvalue weighted by Crippen LogP contribution is -2.35. The van der Waals surface area contributed by atoms with Gasteiger partial charge in [0.15, 0.2) is 0 Å². The zero-order valence-corrected chi connectivity index (χ0v) is 12.1. The van der Waals surface area contributed by atoms with Gasteiger partial charge in [-0.2, -0.15) is 0 Å².